The average molecular weight is 344 g/mol. The van der Waals surface area contributed by atoms with Crippen molar-refractivity contribution in [3.05, 3.63) is 42.0 Å². The summed E-state index contributed by atoms with van der Waals surface area (Å²) in [6.45, 7) is -3.37. The van der Waals surface area contributed by atoms with Crippen LogP contribution in [0.15, 0.2) is 36.4 Å². The molecule has 0 aromatic heterocycles. The van der Waals surface area contributed by atoms with E-state index < -0.39 is 6.68 Å². The lowest BCUT2D eigenvalue weighted by Crippen LogP contribution is -2.00. The first-order valence-electron chi connectivity index (χ1n) is 7.30. The largest absolute Gasteiger partial charge is 0.467 e. The van der Waals surface area contributed by atoms with E-state index in [0.717, 1.165) is 5.75 Å². The van der Waals surface area contributed by atoms with Crippen LogP contribution in [0.25, 0.3) is 10.8 Å². The number of halogens is 3. The number of methoxy groups -OCH3 is 1. The number of rotatable bonds is 4. The third kappa shape index (κ3) is 5.04. The summed E-state index contributed by atoms with van der Waals surface area (Å²) in [5.74, 6) is 2.19. The Hall–Kier alpha value is -1.40. The van der Waals surface area contributed by atoms with E-state index in [1.165, 1.54) is 34.9 Å². The van der Waals surface area contributed by atoms with Crippen LogP contribution in [0.5, 0.6) is 5.75 Å². The number of fused-ring (bicyclic) bond motifs is 1. The average Bonchev–Trinajstić information content (AvgIpc) is 3.06. The maximum Gasteiger partial charge on any atom is 0.379 e. The molecule has 1 fully saturated rings. The first-order chi connectivity index (χ1) is 11.1. The Kier molecular flexibility index (Phi) is 7.05. The van der Waals surface area contributed by atoms with Crippen LogP contribution in [0.4, 0.5) is 13.2 Å². The number of hydrogen-bond acceptors (Lipinski definition) is 3. The summed E-state index contributed by atoms with van der Waals surface area (Å²) in [5, 5.41) is 3.14. The van der Waals surface area contributed by atoms with Gasteiger partial charge in [-0.05, 0) is 35.6 Å². The van der Waals surface area contributed by atoms with E-state index in [1.807, 2.05) is 0 Å². The van der Waals surface area contributed by atoms with Gasteiger partial charge in [-0.3, -0.25) is 0 Å². The zero-order valence-corrected chi connectivity index (χ0v) is 13.6. The third-order valence-corrected chi connectivity index (χ3v) is 4.94. The summed E-state index contributed by atoms with van der Waals surface area (Å²) >= 11 is 2.07. The minimum atomic E-state index is -3.67. The van der Waals surface area contributed by atoms with E-state index >= 15 is 0 Å². The molecule has 6 heteroatoms. The lowest BCUT2D eigenvalue weighted by atomic mass is 9.99. The van der Waals surface area contributed by atoms with Gasteiger partial charge in [0.05, 0.1) is 0 Å². The minimum Gasteiger partial charge on any atom is -0.467 e. The highest BCUT2D eigenvalue weighted by Gasteiger charge is 2.20. The molecule has 2 nitrogen and oxygen atoms in total. The zero-order valence-electron chi connectivity index (χ0n) is 12.8. The summed E-state index contributed by atoms with van der Waals surface area (Å²) in [6, 6.07) is 12.8. The van der Waals surface area contributed by atoms with Gasteiger partial charge in [0.25, 0.3) is 0 Å². The van der Waals surface area contributed by atoms with E-state index in [0.29, 0.717) is 12.0 Å². The van der Waals surface area contributed by atoms with Gasteiger partial charge in [-0.2, -0.15) is 24.9 Å². The SMILES string of the molecule is COCOc1ccc(C2CCCS2)c2ccccc12.FC(F)F. The fourth-order valence-electron chi connectivity index (χ4n) is 2.65. The molecule has 0 radical (unpaired) electrons. The monoisotopic (exact) mass is 344 g/mol. The van der Waals surface area contributed by atoms with Crippen molar-refractivity contribution < 1.29 is 22.6 Å². The Morgan fingerprint density at radius 1 is 1.13 bits per heavy atom. The fraction of sp³-hybridized carbons (Fsp3) is 0.412. The van der Waals surface area contributed by atoms with Crippen LogP contribution in [-0.4, -0.2) is 26.3 Å². The molecule has 2 aromatic carbocycles. The molecule has 126 valence electrons. The highest BCUT2D eigenvalue weighted by Crippen LogP contribution is 2.43. The quantitative estimate of drug-likeness (QED) is 0.676. The normalized spacial score (nSPS) is 17.2. The lowest BCUT2D eigenvalue weighted by Gasteiger charge is -2.15. The molecule has 1 atom stereocenters. The molecule has 3 rings (SSSR count). The van der Waals surface area contributed by atoms with E-state index in [2.05, 4.69) is 48.2 Å². The molecule has 23 heavy (non-hydrogen) atoms. The summed E-state index contributed by atoms with van der Waals surface area (Å²) in [5.41, 5.74) is 1.45. The van der Waals surface area contributed by atoms with E-state index in [4.69, 9.17) is 9.47 Å². The highest BCUT2D eigenvalue weighted by molar-refractivity contribution is 7.99. The van der Waals surface area contributed by atoms with Crippen LogP contribution in [0, 0.1) is 0 Å². The van der Waals surface area contributed by atoms with E-state index in [-0.39, 0.29) is 0 Å². The topological polar surface area (TPSA) is 18.5 Å². The van der Waals surface area contributed by atoms with Gasteiger partial charge in [0.2, 0.25) is 0 Å². The molecule has 1 aliphatic rings. The van der Waals surface area contributed by atoms with Crippen LogP contribution in [-0.2, 0) is 4.74 Å². The molecule has 0 aliphatic carbocycles. The van der Waals surface area contributed by atoms with Gasteiger partial charge in [-0.15, -0.1) is 0 Å². The van der Waals surface area contributed by atoms with Crippen molar-refractivity contribution >= 4 is 22.5 Å². The number of ether oxygens (including phenoxy) is 2. The molecule has 0 amide bonds. The second-order valence-corrected chi connectivity index (χ2v) is 6.31. The van der Waals surface area contributed by atoms with Crippen LogP contribution >= 0.6 is 11.8 Å². The Morgan fingerprint density at radius 3 is 2.43 bits per heavy atom. The van der Waals surface area contributed by atoms with Crippen LogP contribution in [0.3, 0.4) is 0 Å². The van der Waals surface area contributed by atoms with Crippen LogP contribution in [0.2, 0.25) is 0 Å². The Labute approximate surface area is 138 Å². The summed E-state index contributed by atoms with van der Waals surface area (Å²) in [7, 11) is 1.64. The van der Waals surface area contributed by atoms with Crippen molar-refractivity contribution in [2.45, 2.75) is 24.8 Å². The van der Waals surface area contributed by atoms with E-state index in [9.17, 15) is 13.2 Å². The van der Waals surface area contributed by atoms with Crippen molar-refractivity contribution in [1.29, 1.82) is 0 Å². The summed E-state index contributed by atoms with van der Waals surface area (Å²) in [4.78, 5) is 0. The second kappa shape index (κ2) is 9.03. The van der Waals surface area contributed by atoms with E-state index in [1.54, 1.807) is 7.11 Å². The molecule has 2 aromatic rings. The van der Waals surface area contributed by atoms with Crippen LogP contribution in [0.1, 0.15) is 23.7 Å². The van der Waals surface area contributed by atoms with Gasteiger partial charge in [-0.25, -0.2) is 0 Å². The number of alkyl halides is 3. The summed E-state index contributed by atoms with van der Waals surface area (Å²) in [6.07, 6.45) is 2.61. The zero-order chi connectivity index (χ0) is 16.7. The van der Waals surface area contributed by atoms with Crippen molar-refractivity contribution in [2.24, 2.45) is 0 Å². The van der Waals surface area contributed by atoms with Crippen molar-refractivity contribution in [2.75, 3.05) is 19.7 Å². The predicted molar refractivity (Wildman–Crippen MR) is 88.0 cm³/mol. The summed E-state index contributed by atoms with van der Waals surface area (Å²) < 4.78 is 39.7. The van der Waals surface area contributed by atoms with Gasteiger partial charge < -0.3 is 9.47 Å². The molecule has 1 aliphatic heterocycles. The Bertz CT molecular complexity index is 613. The first-order valence-corrected chi connectivity index (χ1v) is 8.35. The minimum absolute atomic E-state index is 0.293. The predicted octanol–water partition coefficient (Wildman–Crippen LogP) is 5.57. The molecule has 1 unspecified atom stereocenters. The van der Waals surface area contributed by atoms with Gasteiger partial charge >= 0.3 is 6.68 Å². The fourth-order valence-corrected chi connectivity index (χ4v) is 3.98. The van der Waals surface area contributed by atoms with Gasteiger partial charge in [0, 0.05) is 17.7 Å². The standard InChI is InChI=1S/C16H18O2S.CHF3/c1-17-11-18-15-9-8-14(16-7-4-10-19-16)12-5-2-3-6-13(12)15;2-1(3)4/h2-3,5-6,8-9,16H,4,7,10-11H2,1H3;1H. The molecular formula is C17H19F3O2S. The molecule has 0 bridgehead atoms. The smallest absolute Gasteiger partial charge is 0.379 e. The second-order valence-electron chi connectivity index (χ2n) is 5.00. The van der Waals surface area contributed by atoms with Crippen molar-refractivity contribution in [3.63, 3.8) is 0 Å². The molecule has 0 N–H and O–H groups in total. The first kappa shape index (κ1) is 17.9. The molecule has 0 spiro atoms. The number of thioether (sulfide) groups is 1. The molecule has 0 saturated carbocycles. The maximum atomic E-state index is 9.67. The third-order valence-electron chi connectivity index (χ3n) is 3.53. The van der Waals surface area contributed by atoms with Gasteiger partial charge in [0.1, 0.15) is 5.75 Å². The number of hydrogen-bond donors (Lipinski definition) is 0. The molecule has 1 heterocycles. The lowest BCUT2D eigenvalue weighted by molar-refractivity contribution is 0.00819. The van der Waals surface area contributed by atoms with Crippen LogP contribution < -0.4 is 4.74 Å². The van der Waals surface area contributed by atoms with Gasteiger partial charge in [0.15, 0.2) is 6.79 Å². The van der Waals surface area contributed by atoms with Crippen molar-refractivity contribution in [1.82, 2.24) is 0 Å². The molecule has 1 saturated heterocycles. The Morgan fingerprint density at radius 2 is 1.83 bits per heavy atom. The highest BCUT2D eigenvalue weighted by atomic mass is 32.2. The van der Waals surface area contributed by atoms with Gasteiger partial charge in [-0.1, -0.05) is 30.3 Å². The maximum absolute atomic E-state index is 9.67. The Balaban J connectivity index is 0.000000433. The van der Waals surface area contributed by atoms with Crippen molar-refractivity contribution in [3.8, 4) is 5.75 Å². The molecular weight excluding hydrogens is 325 g/mol. The number of benzene rings is 2.